The number of benzene rings is 1. The van der Waals surface area contributed by atoms with Crippen molar-refractivity contribution in [1.29, 1.82) is 0 Å². The van der Waals surface area contributed by atoms with Crippen LogP contribution in [-0.2, 0) is 11.2 Å². The van der Waals surface area contributed by atoms with Gasteiger partial charge in [0, 0.05) is 31.6 Å². The van der Waals surface area contributed by atoms with Crippen LogP contribution in [0.1, 0.15) is 24.8 Å². The summed E-state index contributed by atoms with van der Waals surface area (Å²) in [6.45, 7) is 1.67. The van der Waals surface area contributed by atoms with Crippen molar-refractivity contribution in [3.63, 3.8) is 0 Å². The van der Waals surface area contributed by atoms with Gasteiger partial charge in [-0.05, 0) is 48.5 Å². The summed E-state index contributed by atoms with van der Waals surface area (Å²) in [5, 5.41) is 3.70. The molecule has 3 rings (SSSR count). The van der Waals surface area contributed by atoms with E-state index >= 15 is 0 Å². The lowest BCUT2D eigenvalue weighted by atomic mass is 10.1. The number of hydrogen-bond donors (Lipinski definition) is 1. The van der Waals surface area contributed by atoms with Crippen LogP contribution in [0.2, 0.25) is 0 Å². The van der Waals surface area contributed by atoms with Gasteiger partial charge in [0.05, 0.1) is 7.11 Å². The Labute approximate surface area is 143 Å². The lowest BCUT2D eigenvalue weighted by Crippen LogP contribution is -2.42. The normalized spacial score (nSPS) is 22.6. The monoisotopic (exact) mass is 334 g/mol. The smallest absolute Gasteiger partial charge is 0.224 e. The first kappa shape index (κ1) is 16.7. The molecule has 0 unspecified atom stereocenters. The van der Waals surface area contributed by atoms with Gasteiger partial charge in [-0.1, -0.05) is 12.1 Å². The van der Waals surface area contributed by atoms with Crippen molar-refractivity contribution >= 4 is 17.7 Å². The van der Waals surface area contributed by atoms with Crippen LogP contribution < -0.4 is 10.1 Å². The van der Waals surface area contributed by atoms with Crippen molar-refractivity contribution in [2.24, 2.45) is 0 Å². The zero-order valence-corrected chi connectivity index (χ0v) is 14.6. The van der Waals surface area contributed by atoms with Crippen LogP contribution in [-0.4, -0.2) is 54.6 Å². The third-order valence-corrected chi connectivity index (χ3v) is 5.79. The number of hydrogen-bond acceptors (Lipinski definition) is 4. The van der Waals surface area contributed by atoms with E-state index in [1.54, 1.807) is 7.11 Å². The maximum absolute atomic E-state index is 12.2. The molecule has 1 atom stereocenters. The molecule has 1 N–H and O–H groups in total. The molecule has 0 radical (unpaired) electrons. The molecule has 1 aromatic rings. The minimum absolute atomic E-state index is 0.293. The van der Waals surface area contributed by atoms with Crippen molar-refractivity contribution in [2.75, 3.05) is 31.7 Å². The Morgan fingerprint density at radius 2 is 1.96 bits per heavy atom. The first-order chi connectivity index (χ1) is 11.2. The molecule has 1 aromatic carbocycles. The van der Waals surface area contributed by atoms with Gasteiger partial charge in [0.2, 0.25) is 5.91 Å². The fraction of sp³-hybridized carbons (Fsp3) is 0.611. The summed E-state index contributed by atoms with van der Waals surface area (Å²) in [6.07, 6.45) is 4.04. The maximum atomic E-state index is 12.2. The summed E-state index contributed by atoms with van der Waals surface area (Å²) in [5.41, 5.74) is 1.25. The Morgan fingerprint density at radius 1 is 1.22 bits per heavy atom. The van der Waals surface area contributed by atoms with Gasteiger partial charge in [0.15, 0.2) is 0 Å². The number of carbonyl (C=O) groups excluding carboxylic acids is 1. The van der Waals surface area contributed by atoms with Crippen molar-refractivity contribution in [2.45, 2.75) is 37.8 Å². The van der Waals surface area contributed by atoms with E-state index in [9.17, 15) is 4.79 Å². The molecular formula is C18H26N2O2S. The average Bonchev–Trinajstić information content (AvgIpc) is 2.94. The Hall–Kier alpha value is -1.20. The van der Waals surface area contributed by atoms with Crippen LogP contribution in [0.3, 0.4) is 0 Å². The van der Waals surface area contributed by atoms with E-state index in [4.69, 9.17) is 4.74 Å². The highest BCUT2D eigenvalue weighted by atomic mass is 32.2. The number of methoxy groups -OCH3 is 1. The van der Waals surface area contributed by atoms with E-state index in [1.807, 2.05) is 28.8 Å². The number of amides is 1. The van der Waals surface area contributed by atoms with Crippen LogP contribution in [0, 0.1) is 0 Å². The van der Waals surface area contributed by atoms with Crippen LogP contribution in [0.5, 0.6) is 5.75 Å². The van der Waals surface area contributed by atoms with Crippen LogP contribution in [0.25, 0.3) is 0 Å². The van der Waals surface area contributed by atoms with Crippen LogP contribution >= 0.6 is 11.8 Å². The third-order valence-electron chi connectivity index (χ3n) is 4.74. The molecule has 0 saturated carbocycles. The van der Waals surface area contributed by atoms with Crippen molar-refractivity contribution in [3.8, 4) is 5.75 Å². The predicted octanol–water partition coefficient (Wildman–Crippen LogP) is 2.32. The fourth-order valence-corrected chi connectivity index (χ4v) is 4.46. The number of thioether (sulfide) groups is 1. The molecule has 2 fully saturated rings. The van der Waals surface area contributed by atoms with Gasteiger partial charge >= 0.3 is 0 Å². The number of ether oxygens (including phenoxy) is 1. The average molecular weight is 334 g/mol. The molecule has 1 amide bonds. The molecule has 2 heterocycles. The molecule has 0 spiro atoms. The molecule has 2 aliphatic heterocycles. The lowest BCUT2D eigenvalue weighted by Gasteiger charge is -2.26. The van der Waals surface area contributed by atoms with E-state index in [0.29, 0.717) is 24.4 Å². The number of carbonyl (C=O) groups is 1. The van der Waals surface area contributed by atoms with Gasteiger partial charge in [-0.3, -0.25) is 4.79 Å². The lowest BCUT2D eigenvalue weighted by molar-refractivity contribution is -0.127. The van der Waals surface area contributed by atoms with Gasteiger partial charge < -0.3 is 15.0 Å². The predicted molar refractivity (Wildman–Crippen MR) is 95.2 cm³/mol. The summed E-state index contributed by atoms with van der Waals surface area (Å²) in [4.78, 5) is 14.2. The molecular weight excluding hydrogens is 308 g/mol. The van der Waals surface area contributed by atoms with E-state index in [-0.39, 0.29) is 0 Å². The minimum atomic E-state index is 0.293. The zero-order valence-electron chi connectivity index (χ0n) is 13.8. The summed E-state index contributed by atoms with van der Waals surface area (Å²) in [5.74, 6) is 3.67. The first-order valence-electron chi connectivity index (χ1n) is 8.49. The zero-order chi connectivity index (χ0) is 16.1. The Balaban J connectivity index is 1.45. The fourth-order valence-electron chi connectivity index (χ4n) is 3.35. The van der Waals surface area contributed by atoms with Crippen LogP contribution in [0.4, 0.5) is 0 Å². The molecule has 4 nitrogen and oxygen atoms in total. The molecule has 126 valence electrons. The van der Waals surface area contributed by atoms with Gasteiger partial charge in [0.25, 0.3) is 0 Å². The summed E-state index contributed by atoms with van der Waals surface area (Å²) in [6, 6.07) is 9.06. The molecule has 0 bridgehead atoms. The summed E-state index contributed by atoms with van der Waals surface area (Å²) >= 11 is 2.04. The Bertz CT molecular complexity index is 514. The second-order valence-corrected chi connectivity index (χ2v) is 7.62. The largest absolute Gasteiger partial charge is 0.497 e. The van der Waals surface area contributed by atoms with E-state index in [2.05, 4.69) is 17.4 Å². The molecule has 5 heteroatoms. The topological polar surface area (TPSA) is 41.6 Å². The number of rotatable bonds is 6. The standard InChI is InChI=1S/C18H26N2O2S/c1-22-17-4-2-14(3-5-17)6-9-20-13-16(12-18(20)21)19-15-7-10-23-11-8-15/h2-5,15-16,19H,6-13H2,1H3/t16-/m0/s1. The van der Waals surface area contributed by atoms with Gasteiger partial charge in [-0.15, -0.1) is 0 Å². The van der Waals surface area contributed by atoms with Crippen molar-refractivity contribution < 1.29 is 9.53 Å². The van der Waals surface area contributed by atoms with E-state index in [1.165, 1.54) is 29.9 Å². The second-order valence-electron chi connectivity index (χ2n) is 6.39. The quantitative estimate of drug-likeness (QED) is 0.867. The summed E-state index contributed by atoms with van der Waals surface area (Å²) < 4.78 is 5.18. The third kappa shape index (κ3) is 4.64. The molecule has 2 saturated heterocycles. The number of nitrogens with zero attached hydrogens (tertiary/aromatic N) is 1. The van der Waals surface area contributed by atoms with E-state index < -0.39 is 0 Å². The van der Waals surface area contributed by atoms with Crippen LogP contribution in [0.15, 0.2) is 24.3 Å². The highest BCUT2D eigenvalue weighted by Gasteiger charge is 2.30. The van der Waals surface area contributed by atoms with E-state index in [0.717, 1.165) is 25.3 Å². The van der Waals surface area contributed by atoms with Crippen molar-refractivity contribution in [3.05, 3.63) is 29.8 Å². The molecule has 0 aromatic heterocycles. The Kier molecular flexibility index (Phi) is 5.84. The molecule has 23 heavy (non-hydrogen) atoms. The first-order valence-corrected chi connectivity index (χ1v) is 9.64. The van der Waals surface area contributed by atoms with Gasteiger partial charge in [-0.2, -0.15) is 11.8 Å². The summed E-state index contributed by atoms with van der Waals surface area (Å²) in [7, 11) is 1.68. The minimum Gasteiger partial charge on any atom is -0.497 e. The van der Waals surface area contributed by atoms with Crippen molar-refractivity contribution in [1.82, 2.24) is 10.2 Å². The highest BCUT2D eigenvalue weighted by molar-refractivity contribution is 7.99. The second kappa shape index (κ2) is 8.06. The number of likely N-dealkylation sites (tertiary alicyclic amines) is 1. The molecule has 2 aliphatic rings. The SMILES string of the molecule is COc1ccc(CCN2C[C@@H](NC3CCSCC3)CC2=O)cc1. The van der Waals surface area contributed by atoms with Gasteiger partial charge in [0.1, 0.15) is 5.75 Å². The molecule has 0 aliphatic carbocycles. The maximum Gasteiger partial charge on any atom is 0.224 e. The highest BCUT2D eigenvalue weighted by Crippen LogP contribution is 2.20. The Morgan fingerprint density at radius 3 is 2.65 bits per heavy atom. The number of nitrogens with one attached hydrogen (secondary N) is 1. The van der Waals surface area contributed by atoms with Gasteiger partial charge in [-0.25, -0.2) is 0 Å².